The standard InChI is InChI=1S/C26H24N2O6S/c1-32-22-13-18(14-23(33-2)26(22)34-3)25(29)20-16-28(15-19(20)17-9-5-4-6-10-17)21-11-7-8-12-24(21)35(27,30)31/h4-16H,1-3H3,(H2,27,30,31). The lowest BCUT2D eigenvalue weighted by Gasteiger charge is -2.14. The number of ether oxygens (including phenoxy) is 3. The molecule has 0 aliphatic rings. The third-order valence-electron chi connectivity index (χ3n) is 5.53. The molecule has 0 bridgehead atoms. The average molecular weight is 493 g/mol. The van der Waals surface area contributed by atoms with Crippen molar-refractivity contribution in [2.24, 2.45) is 5.14 Å². The molecule has 180 valence electrons. The lowest BCUT2D eigenvalue weighted by Crippen LogP contribution is -2.14. The number of para-hydroxylation sites is 1. The number of ketones is 1. The summed E-state index contributed by atoms with van der Waals surface area (Å²) in [5.41, 5.74) is 2.41. The number of nitrogens with two attached hydrogens (primary N) is 1. The zero-order valence-corrected chi connectivity index (χ0v) is 20.2. The number of carbonyl (C=O) groups is 1. The third-order valence-corrected chi connectivity index (χ3v) is 6.49. The van der Waals surface area contributed by atoms with Crippen LogP contribution in [0.15, 0.2) is 84.0 Å². The summed E-state index contributed by atoms with van der Waals surface area (Å²) in [5, 5.41) is 5.45. The molecule has 0 amide bonds. The highest BCUT2D eigenvalue weighted by atomic mass is 32.2. The summed E-state index contributed by atoms with van der Waals surface area (Å²) < 4.78 is 42.2. The van der Waals surface area contributed by atoms with Crippen LogP contribution in [-0.4, -0.2) is 40.1 Å². The highest BCUT2D eigenvalue weighted by Crippen LogP contribution is 2.39. The summed E-state index contributed by atoms with van der Waals surface area (Å²) in [5.74, 6) is 0.746. The topological polar surface area (TPSA) is 110 Å². The van der Waals surface area contributed by atoms with Gasteiger partial charge in [-0.2, -0.15) is 0 Å². The van der Waals surface area contributed by atoms with Crippen LogP contribution in [-0.2, 0) is 10.0 Å². The molecule has 0 spiro atoms. The number of hydrogen-bond donors (Lipinski definition) is 1. The fourth-order valence-electron chi connectivity index (χ4n) is 3.90. The molecule has 1 aromatic heterocycles. The van der Waals surface area contributed by atoms with Gasteiger partial charge in [-0.3, -0.25) is 4.79 Å². The van der Waals surface area contributed by atoms with E-state index in [1.54, 1.807) is 47.3 Å². The molecule has 0 aliphatic heterocycles. The molecule has 1 heterocycles. The normalized spacial score (nSPS) is 11.2. The number of methoxy groups -OCH3 is 3. The molecule has 0 radical (unpaired) electrons. The monoisotopic (exact) mass is 492 g/mol. The Kier molecular flexibility index (Phi) is 6.63. The summed E-state index contributed by atoms with van der Waals surface area (Å²) in [7, 11) is 0.432. The molecule has 4 rings (SSSR count). The number of benzene rings is 3. The highest BCUT2D eigenvalue weighted by molar-refractivity contribution is 7.89. The lowest BCUT2D eigenvalue weighted by atomic mass is 9.97. The van der Waals surface area contributed by atoms with Gasteiger partial charge in [-0.1, -0.05) is 42.5 Å². The maximum Gasteiger partial charge on any atom is 0.240 e. The Morgan fingerprint density at radius 1 is 0.829 bits per heavy atom. The molecule has 0 aliphatic carbocycles. The second-order valence-electron chi connectivity index (χ2n) is 7.61. The van der Waals surface area contributed by atoms with Crippen molar-refractivity contribution in [3.8, 4) is 34.1 Å². The highest BCUT2D eigenvalue weighted by Gasteiger charge is 2.23. The number of sulfonamides is 1. The molecule has 0 atom stereocenters. The Morgan fingerprint density at radius 3 is 2.00 bits per heavy atom. The van der Waals surface area contributed by atoms with Crippen LogP contribution in [0.5, 0.6) is 17.2 Å². The Hall–Kier alpha value is -4.08. The average Bonchev–Trinajstić information content (AvgIpc) is 3.32. The van der Waals surface area contributed by atoms with E-state index in [1.165, 1.54) is 27.4 Å². The van der Waals surface area contributed by atoms with Gasteiger partial charge in [0.2, 0.25) is 15.8 Å². The van der Waals surface area contributed by atoms with Crippen LogP contribution >= 0.6 is 0 Å². The molecular formula is C26H24N2O6S. The summed E-state index contributed by atoms with van der Waals surface area (Å²) in [6.07, 6.45) is 3.31. The zero-order chi connectivity index (χ0) is 25.2. The van der Waals surface area contributed by atoms with Gasteiger partial charge in [0.15, 0.2) is 17.3 Å². The zero-order valence-electron chi connectivity index (χ0n) is 19.4. The van der Waals surface area contributed by atoms with Crippen molar-refractivity contribution < 1.29 is 27.4 Å². The van der Waals surface area contributed by atoms with Gasteiger partial charge >= 0.3 is 0 Å². The molecule has 9 heteroatoms. The minimum Gasteiger partial charge on any atom is -0.493 e. The molecule has 4 aromatic rings. The molecule has 35 heavy (non-hydrogen) atoms. The van der Waals surface area contributed by atoms with Crippen molar-refractivity contribution >= 4 is 15.8 Å². The number of primary sulfonamides is 1. The summed E-state index contributed by atoms with van der Waals surface area (Å²) in [4.78, 5) is 13.7. The summed E-state index contributed by atoms with van der Waals surface area (Å²) in [6.45, 7) is 0. The Balaban J connectivity index is 1.94. The number of carbonyl (C=O) groups excluding carboxylic acids is 1. The van der Waals surface area contributed by atoms with Crippen LogP contribution in [0, 0.1) is 0 Å². The van der Waals surface area contributed by atoms with E-state index in [1.807, 2.05) is 30.3 Å². The quantitative estimate of drug-likeness (QED) is 0.372. The minimum absolute atomic E-state index is 0.0543. The number of nitrogens with zero attached hydrogens (tertiary/aromatic N) is 1. The van der Waals surface area contributed by atoms with Gasteiger partial charge in [-0.25, -0.2) is 13.6 Å². The second kappa shape index (κ2) is 9.65. The lowest BCUT2D eigenvalue weighted by molar-refractivity contribution is 0.103. The number of hydrogen-bond acceptors (Lipinski definition) is 6. The van der Waals surface area contributed by atoms with Crippen molar-refractivity contribution in [3.05, 3.63) is 90.3 Å². The maximum absolute atomic E-state index is 13.8. The van der Waals surface area contributed by atoms with Crippen LogP contribution < -0.4 is 19.3 Å². The van der Waals surface area contributed by atoms with E-state index in [9.17, 15) is 13.2 Å². The molecule has 2 N–H and O–H groups in total. The molecular weight excluding hydrogens is 468 g/mol. The van der Waals surface area contributed by atoms with E-state index in [4.69, 9.17) is 19.3 Å². The molecule has 0 fully saturated rings. The molecule has 0 unspecified atom stereocenters. The van der Waals surface area contributed by atoms with Crippen molar-refractivity contribution in [3.63, 3.8) is 0 Å². The fourth-order valence-corrected chi connectivity index (χ4v) is 4.63. The predicted octanol–water partition coefficient (Wildman–Crippen LogP) is 4.05. The van der Waals surface area contributed by atoms with Crippen LogP contribution in [0.1, 0.15) is 15.9 Å². The van der Waals surface area contributed by atoms with Gasteiger partial charge < -0.3 is 18.8 Å². The molecule has 3 aromatic carbocycles. The van der Waals surface area contributed by atoms with E-state index in [-0.39, 0.29) is 10.7 Å². The van der Waals surface area contributed by atoms with Crippen LogP contribution in [0.3, 0.4) is 0 Å². The van der Waals surface area contributed by atoms with Crippen LogP contribution in [0.2, 0.25) is 0 Å². The Labute approximate surface area is 203 Å². The molecule has 0 saturated heterocycles. The Bertz CT molecular complexity index is 1470. The van der Waals surface area contributed by atoms with Crippen LogP contribution in [0.25, 0.3) is 16.8 Å². The smallest absolute Gasteiger partial charge is 0.240 e. The first-order valence-corrected chi connectivity index (χ1v) is 12.1. The van der Waals surface area contributed by atoms with Gasteiger partial charge in [0, 0.05) is 29.1 Å². The predicted molar refractivity (Wildman–Crippen MR) is 132 cm³/mol. The number of rotatable bonds is 8. The fraction of sp³-hybridized carbons (Fsp3) is 0.115. The first-order valence-electron chi connectivity index (χ1n) is 10.5. The summed E-state index contributed by atoms with van der Waals surface area (Å²) in [6, 6.07) is 18.8. The van der Waals surface area contributed by atoms with Gasteiger partial charge in [0.25, 0.3) is 0 Å². The van der Waals surface area contributed by atoms with E-state index >= 15 is 0 Å². The second-order valence-corrected chi connectivity index (χ2v) is 9.14. The van der Waals surface area contributed by atoms with Gasteiger partial charge in [0.05, 0.1) is 27.0 Å². The third kappa shape index (κ3) is 4.64. The van der Waals surface area contributed by atoms with Crippen molar-refractivity contribution in [2.75, 3.05) is 21.3 Å². The maximum atomic E-state index is 13.8. The van der Waals surface area contributed by atoms with E-state index in [2.05, 4.69) is 0 Å². The SMILES string of the molecule is COc1cc(C(=O)c2cn(-c3ccccc3S(N)(=O)=O)cc2-c2ccccc2)cc(OC)c1OC. The largest absolute Gasteiger partial charge is 0.493 e. The van der Waals surface area contributed by atoms with E-state index in [0.717, 1.165) is 5.56 Å². The molecule has 0 saturated carbocycles. The first-order chi connectivity index (χ1) is 16.8. The van der Waals surface area contributed by atoms with Gasteiger partial charge in [-0.05, 0) is 29.8 Å². The summed E-state index contributed by atoms with van der Waals surface area (Å²) >= 11 is 0. The van der Waals surface area contributed by atoms with Gasteiger partial charge in [0.1, 0.15) is 4.90 Å². The van der Waals surface area contributed by atoms with E-state index in [0.29, 0.717) is 39.6 Å². The van der Waals surface area contributed by atoms with Crippen molar-refractivity contribution in [2.45, 2.75) is 4.90 Å². The molecule has 8 nitrogen and oxygen atoms in total. The van der Waals surface area contributed by atoms with E-state index < -0.39 is 10.0 Å². The first kappa shape index (κ1) is 24.1. The van der Waals surface area contributed by atoms with Crippen molar-refractivity contribution in [1.82, 2.24) is 4.57 Å². The number of aromatic nitrogens is 1. The van der Waals surface area contributed by atoms with Crippen molar-refractivity contribution in [1.29, 1.82) is 0 Å². The minimum atomic E-state index is -4.00. The van der Waals surface area contributed by atoms with Gasteiger partial charge in [-0.15, -0.1) is 0 Å². The van der Waals surface area contributed by atoms with Crippen LogP contribution in [0.4, 0.5) is 0 Å². The Morgan fingerprint density at radius 2 is 1.43 bits per heavy atom.